The van der Waals surface area contributed by atoms with Crippen molar-refractivity contribution in [2.45, 2.75) is 52.7 Å². The molecule has 2 atom stereocenters. The van der Waals surface area contributed by atoms with Gasteiger partial charge in [-0.15, -0.1) is 0 Å². The van der Waals surface area contributed by atoms with Gasteiger partial charge >= 0.3 is 11.9 Å². The highest BCUT2D eigenvalue weighted by Crippen LogP contribution is 2.35. The minimum atomic E-state index is -1.15. The fourth-order valence-electron chi connectivity index (χ4n) is 4.24. The van der Waals surface area contributed by atoms with E-state index < -0.39 is 47.5 Å². The summed E-state index contributed by atoms with van der Waals surface area (Å²) in [5, 5.41) is 2.48. The van der Waals surface area contributed by atoms with Gasteiger partial charge < -0.3 is 19.5 Å². The third kappa shape index (κ3) is 6.95. The van der Waals surface area contributed by atoms with Crippen LogP contribution in [0, 0.1) is 25.5 Å². The summed E-state index contributed by atoms with van der Waals surface area (Å²) < 4.78 is 44.5. The van der Waals surface area contributed by atoms with Gasteiger partial charge in [0, 0.05) is 25.1 Å². The molecular weight excluding hydrogens is 510 g/mol. The molecule has 0 radical (unpaired) electrons. The van der Waals surface area contributed by atoms with Crippen LogP contribution in [0.15, 0.2) is 48.7 Å². The van der Waals surface area contributed by atoms with Crippen molar-refractivity contribution >= 4 is 17.8 Å². The van der Waals surface area contributed by atoms with Crippen LogP contribution in [0.25, 0.3) is 0 Å². The molecule has 0 aliphatic heterocycles. The van der Waals surface area contributed by atoms with Crippen molar-refractivity contribution in [3.63, 3.8) is 0 Å². The summed E-state index contributed by atoms with van der Waals surface area (Å²) >= 11 is 0. The summed E-state index contributed by atoms with van der Waals surface area (Å²) in [5.41, 5.74) is 2.27. The van der Waals surface area contributed by atoms with Crippen LogP contribution < -0.4 is 14.8 Å². The third-order valence-electron chi connectivity index (χ3n) is 6.17. The predicted molar refractivity (Wildman–Crippen MR) is 139 cm³/mol. The first-order valence-electron chi connectivity index (χ1n) is 12.2. The SMILES string of the molecule is COc1ccnc(C(=O)N[C@@H](C)C(=O)O[C@@H](C)C(c2cc(F)ccc2C)c2cc(F)ccc2C)c1OC(C)=O. The lowest BCUT2D eigenvalue weighted by molar-refractivity contribution is -0.150. The number of amides is 1. The molecule has 0 unspecified atom stereocenters. The lowest BCUT2D eigenvalue weighted by atomic mass is 9.82. The number of pyridine rings is 1. The number of carbonyl (C=O) groups excluding carboxylic acids is 3. The number of aryl methyl sites for hydroxylation is 2. The Labute approximate surface area is 225 Å². The Bertz CT molecular complexity index is 1340. The van der Waals surface area contributed by atoms with Gasteiger partial charge in [0.25, 0.3) is 5.91 Å². The molecule has 2 aromatic carbocycles. The smallest absolute Gasteiger partial charge is 0.328 e. The minimum Gasteiger partial charge on any atom is -0.493 e. The van der Waals surface area contributed by atoms with Crippen LogP contribution in [-0.2, 0) is 14.3 Å². The maximum Gasteiger partial charge on any atom is 0.328 e. The van der Waals surface area contributed by atoms with Crippen molar-refractivity contribution in [1.29, 1.82) is 0 Å². The van der Waals surface area contributed by atoms with E-state index in [2.05, 4.69) is 10.3 Å². The molecule has 0 saturated carbocycles. The second kappa shape index (κ2) is 12.5. The van der Waals surface area contributed by atoms with E-state index in [1.54, 1.807) is 32.9 Å². The number of halogens is 2. The fraction of sp³-hybridized carbons (Fsp3) is 0.310. The lowest BCUT2D eigenvalue weighted by Gasteiger charge is -2.29. The van der Waals surface area contributed by atoms with Crippen molar-refractivity contribution in [2.75, 3.05) is 7.11 Å². The summed E-state index contributed by atoms with van der Waals surface area (Å²) in [6.45, 7) is 7.76. The Hall–Kier alpha value is -4.34. The third-order valence-corrected chi connectivity index (χ3v) is 6.17. The van der Waals surface area contributed by atoms with E-state index in [4.69, 9.17) is 14.2 Å². The first kappa shape index (κ1) is 29.2. The zero-order valence-electron chi connectivity index (χ0n) is 22.5. The van der Waals surface area contributed by atoms with Gasteiger partial charge in [-0.2, -0.15) is 0 Å². The number of benzene rings is 2. The number of rotatable bonds is 9. The summed E-state index contributed by atoms with van der Waals surface area (Å²) in [5.74, 6) is -4.04. The summed E-state index contributed by atoms with van der Waals surface area (Å²) in [7, 11) is 1.34. The van der Waals surface area contributed by atoms with Crippen molar-refractivity contribution in [2.24, 2.45) is 0 Å². The number of nitrogens with zero attached hydrogens (tertiary/aromatic N) is 1. The van der Waals surface area contributed by atoms with Gasteiger partial charge in [0.1, 0.15) is 23.8 Å². The zero-order valence-corrected chi connectivity index (χ0v) is 22.5. The van der Waals surface area contributed by atoms with E-state index in [9.17, 15) is 23.2 Å². The maximum absolute atomic E-state index is 14.3. The predicted octanol–water partition coefficient (Wildman–Crippen LogP) is 4.79. The van der Waals surface area contributed by atoms with Crippen LogP contribution in [0.4, 0.5) is 8.78 Å². The Kier molecular flexibility index (Phi) is 9.34. The second-order valence-electron chi connectivity index (χ2n) is 9.10. The van der Waals surface area contributed by atoms with E-state index in [0.29, 0.717) is 11.1 Å². The number of methoxy groups -OCH3 is 1. The van der Waals surface area contributed by atoms with E-state index in [1.165, 1.54) is 50.6 Å². The van der Waals surface area contributed by atoms with Gasteiger partial charge in [0.05, 0.1) is 7.11 Å². The quantitative estimate of drug-likeness (QED) is 0.389. The van der Waals surface area contributed by atoms with E-state index in [1.807, 2.05) is 0 Å². The molecule has 0 saturated heterocycles. The number of aromatic nitrogens is 1. The van der Waals surface area contributed by atoms with Crippen molar-refractivity contribution in [3.8, 4) is 11.5 Å². The number of hydrogen-bond donors (Lipinski definition) is 1. The molecule has 8 nitrogen and oxygen atoms in total. The lowest BCUT2D eigenvalue weighted by Crippen LogP contribution is -2.42. The molecule has 3 aromatic rings. The van der Waals surface area contributed by atoms with Gasteiger partial charge in [-0.1, -0.05) is 12.1 Å². The maximum atomic E-state index is 14.3. The molecule has 0 aliphatic rings. The van der Waals surface area contributed by atoms with E-state index in [0.717, 1.165) is 18.1 Å². The average molecular weight is 541 g/mol. The highest BCUT2D eigenvalue weighted by atomic mass is 19.1. The largest absolute Gasteiger partial charge is 0.493 e. The van der Waals surface area contributed by atoms with Crippen LogP contribution in [-0.4, -0.2) is 42.1 Å². The van der Waals surface area contributed by atoms with Gasteiger partial charge in [0.2, 0.25) is 5.75 Å². The first-order chi connectivity index (χ1) is 18.4. The molecule has 0 fully saturated rings. The van der Waals surface area contributed by atoms with Gasteiger partial charge in [-0.3, -0.25) is 9.59 Å². The number of carbonyl (C=O) groups is 3. The van der Waals surface area contributed by atoms with Gasteiger partial charge in [-0.25, -0.2) is 18.6 Å². The normalized spacial score (nSPS) is 12.4. The number of hydrogen-bond acceptors (Lipinski definition) is 7. The standard InChI is InChI=1S/C29H30F2N2O6/c1-15-7-9-20(30)13-22(15)25(23-14-21(31)10-8-16(23)2)18(4)38-29(36)17(3)33-28(35)26-27(39-19(5)34)24(37-6)11-12-32-26/h7-14,17-18,25H,1-6H3,(H,33,35)/t17-,18-/m0/s1. The molecule has 0 spiro atoms. The summed E-state index contributed by atoms with van der Waals surface area (Å²) in [6, 6.07) is 8.78. The minimum absolute atomic E-state index is 0.105. The average Bonchev–Trinajstić information content (AvgIpc) is 2.87. The van der Waals surface area contributed by atoms with Crippen LogP contribution in [0.5, 0.6) is 11.5 Å². The van der Waals surface area contributed by atoms with Crippen LogP contribution in [0.1, 0.15) is 59.4 Å². The first-order valence-corrected chi connectivity index (χ1v) is 12.2. The second-order valence-corrected chi connectivity index (χ2v) is 9.10. The van der Waals surface area contributed by atoms with Crippen LogP contribution in [0.3, 0.4) is 0 Å². The molecule has 1 heterocycles. The Morgan fingerprint density at radius 2 is 1.49 bits per heavy atom. The van der Waals surface area contributed by atoms with Gasteiger partial charge in [0.15, 0.2) is 11.4 Å². The van der Waals surface area contributed by atoms with Crippen LogP contribution >= 0.6 is 0 Å². The Morgan fingerprint density at radius 1 is 0.923 bits per heavy atom. The summed E-state index contributed by atoms with van der Waals surface area (Å²) in [4.78, 5) is 41.5. The molecule has 1 amide bonds. The topological polar surface area (TPSA) is 104 Å². The molecule has 10 heteroatoms. The highest BCUT2D eigenvalue weighted by Gasteiger charge is 2.31. The molecule has 1 N–H and O–H groups in total. The number of esters is 2. The van der Waals surface area contributed by atoms with Gasteiger partial charge in [-0.05, 0) is 74.2 Å². The zero-order chi connectivity index (χ0) is 28.9. The molecule has 39 heavy (non-hydrogen) atoms. The van der Waals surface area contributed by atoms with Crippen molar-refractivity contribution in [1.82, 2.24) is 10.3 Å². The molecule has 0 aliphatic carbocycles. The van der Waals surface area contributed by atoms with E-state index in [-0.39, 0.29) is 17.2 Å². The van der Waals surface area contributed by atoms with Crippen molar-refractivity contribution in [3.05, 3.63) is 88.2 Å². The monoisotopic (exact) mass is 540 g/mol. The summed E-state index contributed by atoms with van der Waals surface area (Å²) in [6.07, 6.45) is 0.420. The molecular formula is C29H30F2N2O6. The highest BCUT2D eigenvalue weighted by molar-refractivity contribution is 5.98. The Balaban J connectivity index is 1.87. The molecule has 1 aromatic heterocycles. The van der Waals surface area contributed by atoms with Crippen molar-refractivity contribution < 1.29 is 37.4 Å². The number of ether oxygens (including phenoxy) is 3. The molecule has 0 bridgehead atoms. The molecule has 3 rings (SSSR count). The van der Waals surface area contributed by atoms with E-state index >= 15 is 0 Å². The fourth-order valence-corrected chi connectivity index (χ4v) is 4.24. The molecule has 206 valence electrons. The van der Waals surface area contributed by atoms with Crippen LogP contribution in [0.2, 0.25) is 0 Å². The Morgan fingerprint density at radius 3 is 2.00 bits per heavy atom. The number of nitrogens with one attached hydrogen (secondary N) is 1.